The van der Waals surface area contributed by atoms with Crippen LogP contribution < -0.4 is 0 Å². The van der Waals surface area contributed by atoms with E-state index < -0.39 is 11.9 Å². The Balaban J connectivity index is 2.74. The van der Waals surface area contributed by atoms with Gasteiger partial charge in [-0.1, -0.05) is 18.2 Å². The van der Waals surface area contributed by atoms with Crippen LogP contribution in [0.1, 0.15) is 20.9 Å². The van der Waals surface area contributed by atoms with E-state index in [-0.39, 0.29) is 11.3 Å². The van der Waals surface area contributed by atoms with Crippen LogP contribution in [0.3, 0.4) is 0 Å². The van der Waals surface area contributed by atoms with Gasteiger partial charge in [0.05, 0.1) is 0 Å². The lowest BCUT2D eigenvalue weighted by Gasteiger charge is -2.07. The fourth-order valence-electron chi connectivity index (χ4n) is 1.61. The molecular weight excluding hydrogens is 222 g/mol. The van der Waals surface area contributed by atoms with Gasteiger partial charge in [0, 0.05) is 19.5 Å². The van der Waals surface area contributed by atoms with Crippen LogP contribution in [0.25, 0.3) is 11.0 Å². The lowest BCUT2D eigenvalue weighted by Crippen LogP contribution is -2.23. The van der Waals surface area contributed by atoms with Crippen molar-refractivity contribution in [2.45, 2.75) is 0 Å². The Kier molecular flexibility index (Phi) is 2.59. The summed E-state index contributed by atoms with van der Waals surface area (Å²) in [4.78, 5) is 24.3. The van der Waals surface area contributed by atoms with E-state index in [1.165, 1.54) is 4.90 Å². The molecule has 2 aromatic rings. The summed E-state index contributed by atoms with van der Waals surface area (Å²) in [5.74, 6) is -1.76. The summed E-state index contributed by atoms with van der Waals surface area (Å²) >= 11 is 0. The summed E-state index contributed by atoms with van der Waals surface area (Å²) in [6.07, 6.45) is 0. The zero-order valence-corrected chi connectivity index (χ0v) is 9.43. The first-order chi connectivity index (χ1) is 8.02. The van der Waals surface area contributed by atoms with Gasteiger partial charge in [-0.2, -0.15) is 0 Å². The van der Waals surface area contributed by atoms with Gasteiger partial charge < -0.3 is 14.4 Å². The summed E-state index contributed by atoms with van der Waals surface area (Å²) in [6.45, 7) is 0. The molecule has 0 radical (unpaired) electrons. The smallest absolute Gasteiger partial charge is 0.340 e. The third-order valence-electron chi connectivity index (χ3n) is 2.41. The maximum atomic E-state index is 11.8. The topological polar surface area (TPSA) is 70.8 Å². The molecule has 1 heterocycles. The SMILES string of the molecule is CN(C)C(=O)c1oc2ccccc2c1C(=O)O. The second-order valence-electron chi connectivity index (χ2n) is 3.81. The lowest BCUT2D eigenvalue weighted by molar-refractivity contribution is 0.0680. The minimum absolute atomic E-state index is 0.0840. The number of rotatable bonds is 2. The molecule has 0 saturated heterocycles. The molecule has 0 spiro atoms. The molecule has 5 nitrogen and oxygen atoms in total. The molecule has 0 bridgehead atoms. The fourth-order valence-corrected chi connectivity index (χ4v) is 1.61. The van der Waals surface area contributed by atoms with Crippen molar-refractivity contribution >= 4 is 22.8 Å². The number of carboxylic acids is 1. The third-order valence-corrected chi connectivity index (χ3v) is 2.41. The van der Waals surface area contributed by atoms with E-state index in [2.05, 4.69) is 0 Å². The number of benzene rings is 1. The van der Waals surface area contributed by atoms with Crippen LogP contribution in [-0.4, -0.2) is 36.0 Å². The van der Waals surface area contributed by atoms with Gasteiger partial charge in [-0.15, -0.1) is 0 Å². The van der Waals surface area contributed by atoms with Crippen LogP contribution in [0.4, 0.5) is 0 Å². The third kappa shape index (κ3) is 1.75. The van der Waals surface area contributed by atoms with Gasteiger partial charge in [-0.3, -0.25) is 4.79 Å². The Morgan fingerprint density at radius 3 is 2.47 bits per heavy atom. The van der Waals surface area contributed by atoms with Gasteiger partial charge in [-0.25, -0.2) is 4.79 Å². The van der Waals surface area contributed by atoms with Gasteiger partial charge in [0.25, 0.3) is 5.91 Å². The number of carboxylic acid groups (broad SMARTS) is 1. The summed E-state index contributed by atoms with van der Waals surface area (Å²) < 4.78 is 5.31. The van der Waals surface area contributed by atoms with Crippen LogP contribution in [0.5, 0.6) is 0 Å². The van der Waals surface area contributed by atoms with Crippen molar-refractivity contribution in [3.8, 4) is 0 Å². The van der Waals surface area contributed by atoms with Crippen LogP contribution >= 0.6 is 0 Å². The number of hydrogen-bond donors (Lipinski definition) is 1. The zero-order valence-electron chi connectivity index (χ0n) is 9.43. The number of carbonyl (C=O) groups is 2. The summed E-state index contributed by atoms with van der Waals surface area (Å²) in [6, 6.07) is 6.68. The quantitative estimate of drug-likeness (QED) is 0.859. The molecule has 1 aromatic carbocycles. The maximum Gasteiger partial charge on any atom is 0.340 e. The number of furan rings is 1. The standard InChI is InChI=1S/C12H11NO4/c1-13(2)11(14)10-9(12(15)16)7-5-3-4-6-8(7)17-10/h3-6H,1-2H3,(H,15,16). The monoisotopic (exact) mass is 233 g/mol. The number of fused-ring (bicyclic) bond motifs is 1. The Bertz CT molecular complexity index is 598. The van der Waals surface area contributed by atoms with Gasteiger partial charge in [0.1, 0.15) is 11.1 Å². The van der Waals surface area contributed by atoms with Gasteiger partial charge in [-0.05, 0) is 6.07 Å². The average Bonchev–Trinajstić information content (AvgIpc) is 2.66. The summed E-state index contributed by atoms with van der Waals surface area (Å²) in [5, 5.41) is 9.59. The van der Waals surface area contributed by atoms with E-state index in [1.807, 2.05) is 0 Å². The lowest BCUT2D eigenvalue weighted by atomic mass is 10.1. The van der Waals surface area contributed by atoms with Crippen molar-refractivity contribution in [2.24, 2.45) is 0 Å². The van der Waals surface area contributed by atoms with Gasteiger partial charge in [0.15, 0.2) is 0 Å². The molecular formula is C12H11NO4. The average molecular weight is 233 g/mol. The van der Waals surface area contributed by atoms with Crippen molar-refractivity contribution < 1.29 is 19.1 Å². The fraction of sp³-hybridized carbons (Fsp3) is 0.167. The van der Waals surface area contributed by atoms with E-state index >= 15 is 0 Å². The predicted molar refractivity (Wildman–Crippen MR) is 61.2 cm³/mol. The van der Waals surface area contributed by atoms with Gasteiger partial charge in [0.2, 0.25) is 5.76 Å². The molecule has 0 aliphatic carbocycles. The first-order valence-electron chi connectivity index (χ1n) is 4.99. The van der Waals surface area contributed by atoms with E-state index in [1.54, 1.807) is 38.4 Å². The van der Waals surface area contributed by atoms with E-state index in [0.717, 1.165) is 0 Å². The van der Waals surface area contributed by atoms with E-state index in [4.69, 9.17) is 9.52 Å². The van der Waals surface area contributed by atoms with Crippen molar-refractivity contribution in [3.63, 3.8) is 0 Å². The van der Waals surface area contributed by atoms with E-state index in [0.29, 0.717) is 11.0 Å². The normalized spacial score (nSPS) is 10.5. The second kappa shape index (κ2) is 3.93. The van der Waals surface area contributed by atoms with Crippen LogP contribution in [0.2, 0.25) is 0 Å². The maximum absolute atomic E-state index is 11.8. The largest absolute Gasteiger partial charge is 0.478 e. The Hall–Kier alpha value is -2.30. The van der Waals surface area contributed by atoms with Gasteiger partial charge >= 0.3 is 5.97 Å². The Labute approximate surface area is 97.2 Å². The number of hydrogen-bond acceptors (Lipinski definition) is 3. The number of carbonyl (C=O) groups excluding carboxylic acids is 1. The molecule has 17 heavy (non-hydrogen) atoms. The minimum atomic E-state index is -1.17. The molecule has 0 unspecified atom stereocenters. The summed E-state index contributed by atoms with van der Waals surface area (Å²) in [7, 11) is 3.09. The number of nitrogens with zero attached hydrogens (tertiary/aromatic N) is 1. The molecule has 88 valence electrons. The van der Waals surface area contributed by atoms with Crippen LogP contribution in [0, 0.1) is 0 Å². The highest BCUT2D eigenvalue weighted by Crippen LogP contribution is 2.26. The van der Waals surface area contributed by atoms with E-state index in [9.17, 15) is 9.59 Å². The molecule has 0 saturated carbocycles. The first-order valence-corrected chi connectivity index (χ1v) is 4.99. The molecule has 0 fully saturated rings. The van der Waals surface area contributed by atoms with Crippen molar-refractivity contribution in [1.29, 1.82) is 0 Å². The molecule has 1 amide bonds. The van der Waals surface area contributed by atoms with Crippen LogP contribution in [-0.2, 0) is 0 Å². The second-order valence-corrected chi connectivity index (χ2v) is 3.81. The number of amides is 1. The van der Waals surface area contributed by atoms with Crippen molar-refractivity contribution in [1.82, 2.24) is 4.90 Å². The molecule has 1 N–H and O–H groups in total. The predicted octanol–water partition coefficient (Wildman–Crippen LogP) is 1.83. The van der Waals surface area contributed by atoms with Crippen LogP contribution in [0.15, 0.2) is 28.7 Å². The zero-order chi connectivity index (χ0) is 12.6. The Morgan fingerprint density at radius 2 is 1.88 bits per heavy atom. The molecule has 2 rings (SSSR count). The summed E-state index contributed by atoms with van der Waals surface area (Å²) in [5.41, 5.74) is 0.314. The Morgan fingerprint density at radius 1 is 1.24 bits per heavy atom. The molecule has 0 aliphatic heterocycles. The number of para-hydroxylation sites is 1. The number of aromatic carboxylic acids is 1. The highest BCUT2D eigenvalue weighted by molar-refractivity contribution is 6.11. The molecule has 5 heteroatoms. The molecule has 0 atom stereocenters. The highest BCUT2D eigenvalue weighted by atomic mass is 16.4. The van der Waals surface area contributed by atoms with Crippen molar-refractivity contribution in [3.05, 3.63) is 35.6 Å². The first kappa shape index (κ1) is 11.2. The minimum Gasteiger partial charge on any atom is -0.478 e. The van der Waals surface area contributed by atoms with Crippen molar-refractivity contribution in [2.75, 3.05) is 14.1 Å². The highest BCUT2D eigenvalue weighted by Gasteiger charge is 2.26. The molecule has 0 aliphatic rings. The molecule has 1 aromatic heterocycles.